The third-order valence-electron chi connectivity index (χ3n) is 5.17. The van der Waals surface area contributed by atoms with Gasteiger partial charge in [0.1, 0.15) is 0 Å². The predicted molar refractivity (Wildman–Crippen MR) is 117 cm³/mol. The van der Waals surface area contributed by atoms with Crippen molar-refractivity contribution in [2.24, 2.45) is 5.92 Å². The second kappa shape index (κ2) is 10.8. The van der Waals surface area contributed by atoms with Gasteiger partial charge in [0.2, 0.25) is 0 Å². The number of anilines is 1. The zero-order valence-corrected chi connectivity index (χ0v) is 17.0. The van der Waals surface area contributed by atoms with E-state index in [1.165, 1.54) is 12.8 Å². The Morgan fingerprint density at radius 1 is 1.11 bits per heavy atom. The van der Waals surface area contributed by atoms with Gasteiger partial charge >= 0.3 is 0 Å². The summed E-state index contributed by atoms with van der Waals surface area (Å²) in [6, 6.07) is 13.4. The van der Waals surface area contributed by atoms with E-state index in [-0.39, 0.29) is 5.91 Å². The topological polar surface area (TPSA) is 57.3 Å². The standard InChI is InChI=1S/C22H28N4OS/c27-21(19-8-2-1-3-9-19)26-15-11-18(12-16-26)7-4-5-14-24-22(28)25-20-10-6-13-23-17-20/h1-3,6,8-10,13,17-18H,4-5,7,11-12,14-16H2,(H2,24,25,28). The summed E-state index contributed by atoms with van der Waals surface area (Å²) < 4.78 is 0. The molecule has 1 amide bonds. The zero-order chi connectivity index (χ0) is 19.6. The molecule has 0 bridgehead atoms. The van der Waals surface area contributed by atoms with Gasteiger partial charge in [-0.15, -0.1) is 0 Å². The lowest BCUT2D eigenvalue weighted by atomic mass is 9.91. The molecule has 6 heteroatoms. The fourth-order valence-electron chi connectivity index (χ4n) is 3.56. The second-order valence-electron chi connectivity index (χ2n) is 7.22. The summed E-state index contributed by atoms with van der Waals surface area (Å²) in [5.41, 5.74) is 1.69. The van der Waals surface area contributed by atoms with E-state index in [0.717, 1.165) is 56.1 Å². The Labute approximate surface area is 172 Å². The summed E-state index contributed by atoms with van der Waals surface area (Å²) in [6.45, 7) is 2.61. The van der Waals surface area contributed by atoms with Crippen LogP contribution in [0, 0.1) is 5.92 Å². The van der Waals surface area contributed by atoms with Crippen LogP contribution in [0.25, 0.3) is 0 Å². The molecule has 148 valence electrons. The number of amides is 1. The number of likely N-dealkylation sites (tertiary alicyclic amines) is 1. The maximum Gasteiger partial charge on any atom is 0.253 e. The SMILES string of the molecule is O=C(c1ccccc1)N1CCC(CCCCNC(=S)Nc2cccnc2)CC1. The summed E-state index contributed by atoms with van der Waals surface area (Å²) in [6.07, 6.45) is 9.20. The molecule has 2 aromatic rings. The number of nitrogens with one attached hydrogen (secondary N) is 2. The highest BCUT2D eigenvalue weighted by atomic mass is 32.1. The Balaban J connectivity index is 1.27. The first kappa shape index (κ1) is 20.3. The first-order valence-corrected chi connectivity index (χ1v) is 10.4. The van der Waals surface area contributed by atoms with E-state index < -0.39 is 0 Å². The molecule has 0 radical (unpaired) electrons. The van der Waals surface area contributed by atoms with E-state index in [1.807, 2.05) is 47.4 Å². The number of rotatable bonds is 7. The Hall–Kier alpha value is -2.47. The highest BCUT2D eigenvalue weighted by molar-refractivity contribution is 7.80. The van der Waals surface area contributed by atoms with E-state index in [0.29, 0.717) is 5.11 Å². The van der Waals surface area contributed by atoms with Gasteiger partial charge in [-0.05, 0) is 61.7 Å². The number of benzene rings is 1. The molecule has 5 nitrogen and oxygen atoms in total. The zero-order valence-electron chi connectivity index (χ0n) is 16.1. The molecule has 0 unspecified atom stereocenters. The Morgan fingerprint density at radius 3 is 2.61 bits per heavy atom. The van der Waals surface area contributed by atoms with Gasteiger partial charge < -0.3 is 15.5 Å². The van der Waals surface area contributed by atoms with Gasteiger partial charge in [-0.1, -0.05) is 31.0 Å². The minimum atomic E-state index is 0.165. The number of carbonyl (C=O) groups excluding carboxylic acids is 1. The van der Waals surface area contributed by atoms with E-state index >= 15 is 0 Å². The summed E-state index contributed by atoms with van der Waals surface area (Å²) in [4.78, 5) is 18.6. The van der Waals surface area contributed by atoms with Crippen LogP contribution in [-0.4, -0.2) is 40.5 Å². The third-order valence-corrected chi connectivity index (χ3v) is 5.41. The number of hydrogen-bond acceptors (Lipinski definition) is 3. The van der Waals surface area contributed by atoms with E-state index in [1.54, 1.807) is 12.4 Å². The predicted octanol–water partition coefficient (Wildman–Crippen LogP) is 4.09. The monoisotopic (exact) mass is 396 g/mol. The fraction of sp³-hybridized carbons (Fsp3) is 0.409. The molecule has 1 aliphatic rings. The lowest BCUT2D eigenvalue weighted by Gasteiger charge is -2.32. The smallest absolute Gasteiger partial charge is 0.253 e. The Bertz CT molecular complexity index is 746. The van der Waals surface area contributed by atoms with Crippen LogP contribution in [0.5, 0.6) is 0 Å². The first-order valence-electron chi connectivity index (χ1n) is 10.0. The van der Waals surface area contributed by atoms with Crippen LogP contribution in [0.1, 0.15) is 42.5 Å². The van der Waals surface area contributed by atoms with E-state index in [9.17, 15) is 4.79 Å². The molecule has 1 aromatic heterocycles. The fourth-order valence-corrected chi connectivity index (χ4v) is 3.78. The molecule has 0 atom stereocenters. The number of nitrogens with zero attached hydrogens (tertiary/aromatic N) is 2. The van der Waals surface area contributed by atoms with Crippen LogP contribution in [0.15, 0.2) is 54.9 Å². The normalized spacial score (nSPS) is 14.5. The van der Waals surface area contributed by atoms with Gasteiger partial charge in [-0.3, -0.25) is 9.78 Å². The van der Waals surface area contributed by atoms with Crippen molar-refractivity contribution in [1.29, 1.82) is 0 Å². The molecule has 2 heterocycles. The molecule has 2 N–H and O–H groups in total. The van der Waals surface area contributed by atoms with Gasteiger partial charge in [-0.25, -0.2) is 0 Å². The lowest BCUT2D eigenvalue weighted by molar-refractivity contribution is 0.0686. The van der Waals surface area contributed by atoms with Crippen molar-refractivity contribution in [3.63, 3.8) is 0 Å². The van der Waals surface area contributed by atoms with Crippen molar-refractivity contribution < 1.29 is 4.79 Å². The first-order chi connectivity index (χ1) is 13.7. The Kier molecular flexibility index (Phi) is 7.79. The number of pyridine rings is 1. The van der Waals surface area contributed by atoms with Gasteiger partial charge in [0, 0.05) is 31.4 Å². The molecule has 1 aliphatic heterocycles. The number of carbonyl (C=O) groups is 1. The average molecular weight is 397 g/mol. The van der Waals surface area contributed by atoms with E-state index in [4.69, 9.17) is 12.2 Å². The van der Waals surface area contributed by atoms with Gasteiger partial charge in [0.25, 0.3) is 5.91 Å². The maximum absolute atomic E-state index is 12.5. The van der Waals surface area contributed by atoms with Crippen molar-refractivity contribution in [1.82, 2.24) is 15.2 Å². The molecular weight excluding hydrogens is 368 g/mol. The van der Waals surface area contributed by atoms with E-state index in [2.05, 4.69) is 15.6 Å². The molecule has 0 spiro atoms. The average Bonchev–Trinajstić information content (AvgIpc) is 2.75. The molecular formula is C22H28N4OS. The molecule has 1 fully saturated rings. The highest BCUT2D eigenvalue weighted by Crippen LogP contribution is 2.23. The van der Waals surface area contributed by atoms with Crippen molar-refractivity contribution in [3.05, 3.63) is 60.4 Å². The van der Waals surface area contributed by atoms with Gasteiger partial charge in [-0.2, -0.15) is 0 Å². The number of thiocarbonyl (C=S) groups is 1. The number of hydrogen-bond donors (Lipinski definition) is 2. The van der Waals surface area contributed by atoms with Crippen LogP contribution >= 0.6 is 12.2 Å². The minimum Gasteiger partial charge on any atom is -0.362 e. The summed E-state index contributed by atoms with van der Waals surface area (Å²) >= 11 is 5.30. The Morgan fingerprint density at radius 2 is 1.89 bits per heavy atom. The largest absolute Gasteiger partial charge is 0.362 e. The lowest BCUT2D eigenvalue weighted by Crippen LogP contribution is -2.38. The van der Waals surface area contributed by atoms with Crippen LogP contribution in [0.2, 0.25) is 0 Å². The van der Waals surface area contributed by atoms with Gasteiger partial charge in [0.15, 0.2) is 5.11 Å². The highest BCUT2D eigenvalue weighted by Gasteiger charge is 2.23. The number of piperidine rings is 1. The molecule has 0 aliphatic carbocycles. The van der Waals surface area contributed by atoms with Crippen molar-refractivity contribution in [2.45, 2.75) is 32.1 Å². The molecule has 0 saturated carbocycles. The second-order valence-corrected chi connectivity index (χ2v) is 7.63. The molecule has 3 rings (SSSR count). The molecule has 1 aromatic carbocycles. The van der Waals surface area contributed by atoms with Crippen LogP contribution < -0.4 is 10.6 Å². The summed E-state index contributed by atoms with van der Waals surface area (Å²) in [7, 11) is 0. The van der Waals surface area contributed by atoms with Crippen molar-refractivity contribution >= 4 is 28.9 Å². The van der Waals surface area contributed by atoms with Crippen LogP contribution in [-0.2, 0) is 0 Å². The van der Waals surface area contributed by atoms with Gasteiger partial charge in [0.05, 0.1) is 11.9 Å². The molecule has 28 heavy (non-hydrogen) atoms. The van der Waals surface area contributed by atoms with Crippen LogP contribution in [0.3, 0.4) is 0 Å². The van der Waals surface area contributed by atoms with Crippen molar-refractivity contribution in [2.75, 3.05) is 25.0 Å². The van der Waals surface area contributed by atoms with Crippen LogP contribution in [0.4, 0.5) is 5.69 Å². The number of unbranched alkanes of at least 4 members (excludes halogenated alkanes) is 1. The summed E-state index contributed by atoms with van der Waals surface area (Å²) in [5.74, 6) is 0.887. The minimum absolute atomic E-state index is 0.165. The summed E-state index contributed by atoms with van der Waals surface area (Å²) in [5, 5.41) is 7.02. The molecule has 1 saturated heterocycles. The number of aromatic nitrogens is 1. The quantitative estimate of drug-likeness (QED) is 0.545. The van der Waals surface area contributed by atoms with Crippen molar-refractivity contribution in [3.8, 4) is 0 Å². The maximum atomic E-state index is 12.5. The third kappa shape index (κ3) is 6.30.